The average molecular weight is 402 g/mol. The van der Waals surface area contributed by atoms with Crippen molar-refractivity contribution in [3.63, 3.8) is 0 Å². The van der Waals surface area contributed by atoms with E-state index < -0.39 is 10.0 Å². The first-order valence-electron chi connectivity index (χ1n) is 9.81. The summed E-state index contributed by atoms with van der Waals surface area (Å²) in [4.78, 5) is 5.20. The van der Waals surface area contributed by atoms with Crippen LogP contribution in [0.15, 0.2) is 41.3 Å². The van der Waals surface area contributed by atoms with Gasteiger partial charge in [-0.2, -0.15) is 0 Å². The zero-order chi connectivity index (χ0) is 20.3. The van der Waals surface area contributed by atoms with Gasteiger partial charge in [0.15, 0.2) is 0 Å². The van der Waals surface area contributed by atoms with Gasteiger partial charge in [-0.3, -0.25) is 4.90 Å². The van der Waals surface area contributed by atoms with E-state index in [9.17, 15) is 8.42 Å². The second-order valence-electron chi connectivity index (χ2n) is 7.95. The molecule has 1 N–H and O–H groups in total. The summed E-state index contributed by atoms with van der Waals surface area (Å²) < 4.78 is 28.3. The van der Waals surface area contributed by atoms with Crippen LogP contribution in [0.4, 0.5) is 0 Å². The fourth-order valence-corrected chi connectivity index (χ4v) is 5.33. The van der Waals surface area contributed by atoms with Crippen molar-refractivity contribution in [1.29, 1.82) is 0 Å². The number of hydrogen-bond donors (Lipinski definition) is 1. The third-order valence-electron chi connectivity index (χ3n) is 5.36. The molecular formula is C22H31N3O2S. The smallest absolute Gasteiger partial charge is 0.241 e. The molecule has 1 heterocycles. The Morgan fingerprint density at radius 3 is 2.00 bits per heavy atom. The highest BCUT2D eigenvalue weighted by Gasteiger charge is 2.19. The van der Waals surface area contributed by atoms with Crippen molar-refractivity contribution in [3.05, 3.63) is 64.2 Å². The Bertz CT molecular complexity index is 892. The number of piperazine rings is 1. The molecule has 0 aliphatic carbocycles. The fraction of sp³-hybridized carbons (Fsp3) is 0.455. The van der Waals surface area contributed by atoms with Crippen LogP contribution in [0.3, 0.4) is 0 Å². The van der Waals surface area contributed by atoms with Gasteiger partial charge in [-0.05, 0) is 50.1 Å². The molecule has 1 saturated heterocycles. The van der Waals surface area contributed by atoms with Crippen molar-refractivity contribution in [2.24, 2.45) is 0 Å². The topological polar surface area (TPSA) is 52.7 Å². The SMILES string of the molecule is Cc1cc(C)c(S(=O)(=O)NCc2ccc(CN3CCN(C)CC3)cc2)c(C)c1. The van der Waals surface area contributed by atoms with Gasteiger partial charge in [0.1, 0.15) is 0 Å². The van der Waals surface area contributed by atoms with Crippen molar-refractivity contribution >= 4 is 10.0 Å². The third kappa shape index (κ3) is 5.20. The lowest BCUT2D eigenvalue weighted by atomic mass is 10.1. The molecule has 0 amide bonds. The van der Waals surface area contributed by atoms with Crippen LogP contribution in [0.1, 0.15) is 27.8 Å². The van der Waals surface area contributed by atoms with E-state index in [1.807, 2.05) is 45.0 Å². The fourth-order valence-electron chi connectivity index (χ4n) is 3.87. The Kier molecular flexibility index (Phi) is 6.55. The summed E-state index contributed by atoms with van der Waals surface area (Å²) in [6, 6.07) is 12.1. The number of hydrogen-bond acceptors (Lipinski definition) is 4. The second-order valence-corrected chi connectivity index (χ2v) is 9.65. The molecule has 1 aliphatic rings. The predicted octanol–water partition coefficient (Wildman–Crippen LogP) is 2.84. The van der Waals surface area contributed by atoms with E-state index in [1.165, 1.54) is 5.56 Å². The second kappa shape index (κ2) is 8.74. The standard InChI is InChI=1S/C22H31N3O2S/c1-17-13-18(2)22(19(3)14-17)28(26,27)23-15-20-5-7-21(8-6-20)16-25-11-9-24(4)10-12-25/h5-8,13-14,23H,9-12,15-16H2,1-4H3. The Morgan fingerprint density at radius 1 is 0.893 bits per heavy atom. The molecule has 6 heteroatoms. The quantitative estimate of drug-likeness (QED) is 0.809. The molecule has 152 valence electrons. The zero-order valence-corrected chi connectivity index (χ0v) is 18.1. The zero-order valence-electron chi connectivity index (χ0n) is 17.3. The van der Waals surface area contributed by atoms with E-state index in [2.05, 4.69) is 33.7 Å². The Balaban J connectivity index is 1.61. The molecule has 3 rings (SSSR count). The number of rotatable bonds is 6. The summed E-state index contributed by atoms with van der Waals surface area (Å²) in [5.41, 5.74) is 4.87. The van der Waals surface area contributed by atoms with Gasteiger partial charge in [-0.15, -0.1) is 0 Å². The largest absolute Gasteiger partial charge is 0.304 e. The van der Waals surface area contributed by atoms with Crippen LogP contribution in [0.5, 0.6) is 0 Å². The van der Waals surface area contributed by atoms with E-state index in [-0.39, 0.29) is 0 Å². The van der Waals surface area contributed by atoms with E-state index in [0.29, 0.717) is 11.4 Å². The summed E-state index contributed by atoms with van der Waals surface area (Å²) in [6.45, 7) is 11.3. The lowest BCUT2D eigenvalue weighted by Gasteiger charge is -2.32. The highest BCUT2D eigenvalue weighted by molar-refractivity contribution is 7.89. The summed E-state index contributed by atoms with van der Waals surface area (Å²) in [5, 5.41) is 0. The predicted molar refractivity (Wildman–Crippen MR) is 114 cm³/mol. The maximum absolute atomic E-state index is 12.8. The van der Waals surface area contributed by atoms with Crippen LogP contribution in [0.2, 0.25) is 0 Å². The third-order valence-corrected chi connectivity index (χ3v) is 7.07. The molecular weight excluding hydrogens is 370 g/mol. The van der Waals surface area contributed by atoms with Gasteiger partial charge in [-0.1, -0.05) is 42.0 Å². The normalized spacial score (nSPS) is 16.4. The molecule has 2 aromatic rings. The molecule has 28 heavy (non-hydrogen) atoms. The lowest BCUT2D eigenvalue weighted by Crippen LogP contribution is -2.43. The van der Waals surface area contributed by atoms with Crippen molar-refractivity contribution < 1.29 is 8.42 Å². The summed E-state index contributed by atoms with van der Waals surface area (Å²) in [6.07, 6.45) is 0. The first-order valence-corrected chi connectivity index (χ1v) is 11.3. The van der Waals surface area contributed by atoms with Gasteiger partial charge in [0.2, 0.25) is 10.0 Å². The highest BCUT2D eigenvalue weighted by Crippen LogP contribution is 2.22. The van der Waals surface area contributed by atoms with Crippen LogP contribution in [0.25, 0.3) is 0 Å². The van der Waals surface area contributed by atoms with Crippen LogP contribution in [-0.2, 0) is 23.1 Å². The molecule has 1 aliphatic heterocycles. The van der Waals surface area contributed by atoms with Gasteiger partial charge in [0.25, 0.3) is 0 Å². The number of likely N-dealkylation sites (N-methyl/N-ethyl adjacent to an activating group) is 1. The van der Waals surface area contributed by atoms with Crippen LogP contribution >= 0.6 is 0 Å². The minimum Gasteiger partial charge on any atom is -0.304 e. The van der Waals surface area contributed by atoms with E-state index in [4.69, 9.17) is 0 Å². The van der Waals surface area contributed by atoms with Gasteiger partial charge < -0.3 is 4.90 Å². The molecule has 0 atom stereocenters. The molecule has 1 fully saturated rings. The molecule has 5 nitrogen and oxygen atoms in total. The molecule has 0 saturated carbocycles. The highest BCUT2D eigenvalue weighted by atomic mass is 32.2. The van der Waals surface area contributed by atoms with Gasteiger partial charge in [0.05, 0.1) is 4.90 Å². The lowest BCUT2D eigenvalue weighted by molar-refractivity contribution is 0.148. The summed E-state index contributed by atoms with van der Waals surface area (Å²) in [5.74, 6) is 0. The molecule has 0 unspecified atom stereocenters. The van der Waals surface area contributed by atoms with Crippen LogP contribution in [-0.4, -0.2) is 51.4 Å². The van der Waals surface area contributed by atoms with Crippen LogP contribution in [0, 0.1) is 20.8 Å². The Hall–Kier alpha value is -1.73. The van der Waals surface area contributed by atoms with E-state index in [0.717, 1.165) is 55.0 Å². The first-order chi connectivity index (χ1) is 13.2. The monoisotopic (exact) mass is 401 g/mol. The minimum atomic E-state index is -3.54. The Morgan fingerprint density at radius 2 is 1.43 bits per heavy atom. The van der Waals surface area contributed by atoms with E-state index in [1.54, 1.807) is 0 Å². The van der Waals surface area contributed by atoms with E-state index >= 15 is 0 Å². The number of benzene rings is 2. The maximum atomic E-state index is 12.8. The molecule has 2 aromatic carbocycles. The molecule has 0 aromatic heterocycles. The Labute approximate surface area is 169 Å². The van der Waals surface area contributed by atoms with Crippen molar-refractivity contribution in [2.45, 2.75) is 38.8 Å². The van der Waals surface area contributed by atoms with Gasteiger partial charge in [0, 0.05) is 39.3 Å². The molecule has 0 bridgehead atoms. The van der Waals surface area contributed by atoms with Crippen molar-refractivity contribution in [1.82, 2.24) is 14.5 Å². The maximum Gasteiger partial charge on any atom is 0.241 e. The summed E-state index contributed by atoms with van der Waals surface area (Å²) in [7, 11) is -1.38. The van der Waals surface area contributed by atoms with Crippen molar-refractivity contribution in [3.8, 4) is 0 Å². The average Bonchev–Trinajstić information content (AvgIpc) is 2.62. The van der Waals surface area contributed by atoms with Gasteiger partial charge >= 0.3 is 0 Å². The molecule has 0 spiro atoms. The number of nitrogens with zero attached hydrogens (tertiary/aromatic N) is 2. The summed E-state index contributed by atoms with van der Waals surface area (Å²) >= 11 is 0. The number of aryl methyl sites for hydroxylation is 3. The van der Waals surface area contributed by atoms with Crippen molar-refractivity contribution in [2.75, 3.05) is 33.2 Å². The number of sulfonamides is 1. The number of nitrogens with one attached hydrogen (secondary N) is 1. The van der Waals surface area contributed by atoms with Gasteiger partial charge in [-0.25, -0.2) is 13.1 Å². The first kappa shape index (κ1) is 21.0. The van der Waals surface area contributed by atoms with Crippen LogP contribution < -0.4 is 4.72 Å². The minimum absolute atomic E-state index is 0.296. The molecule has 0 radical (unpaired) electrons.